The van der Waals surface area contributed by atoms with Crippen LogP contribution in [0.3, 0.4) is 0 Å². The van der Waals surface area contributed by atoms with Gasteiger partial charge in [0.1, 0.15) is 0 Å². The average molecular weight is 234 g/mol. The van der Waals surface area contributed by atoms with Crippen LogP contribution in [0.4, 0.5) is 5.69 Å². The van der Waals surface area contributed by atoms with E-state index in [2.05, 4.69) is 0 Å². The molecule has 0 aliphatic heterocycles. The Hall–Kier alpha value is -1.88. The molecule has 1 heterocycles. The molecule has 0 saturated carbocycles. The predicted molar refractivity (Wildman–Crippen MR) is 65.1 cm³/mol. The van der Waals surface area contributed by atoms with Gasteiger partial charge in [-0.1, -0.05) is 0 Å². The van der Waals surface area contributed by atoms with Gasteiger partial charge in [-0.2, -0.15) is 0 Å². The third-order valence-corrected chi connectivity index (χ3v) is 2.82. The van der Waals surface area contributed by atoms with Gasteiger partial charge in [0.05, 0.1) is 11.0 Å². The number of nitro benzene ring substituents is 1. The lowest BCUT2D eigenvalue weighted by Crippen LogP contribution is -2.13. The van der Waals surface area contributed by atoms with E-state index in [1.807, 2.05) is 23.8 Å². The highest BCUT2D eigenvalue weighted by Crippen LogP contribution is 2.22. The molecule has 0 aliphatic rings. The molecule has 2 rings (SSSR count). The molecule has 0 saturated heterocycles. The van der Waals surface area contributed by atoms with Crippen LogP contribution in [0.2, 0.25) is 0 Å². The van der Waals surface area contributed by atoms with E-state index in [0.29, 0.717) is 0 Å². The molecule has 1 aromatic heterocycles. The van der Waals surface area contributed by atoms with Crippen molar-refractivity contribution in [2.24, 2.45) is 0 Å². The Labute approximate surface area is 98.8 Å². The first kappa shape index (κ1) is 11.6. The smallest absolute Gasteiger partial charge is 0.270 e. The molecule has 5 heteroatoms. The molecular weight excluding hydrogens is 220 g/mol. The Morgan fingerprint density at radius 1 is 1.47 bits per heavy atom. The van der Waals surface area contributed by atoms with Crippen molar-refractivity contribution in [1.82, 2.24) is 4.57 Å². The van der Waals surface area contributed by atoms with Crippen molar-refractivity contribution in [3.63, 3.8) is 0 Å². The van der Waals surface area contributed by atoms with E-state index in [4.69, 9.17) is 4.74 Å². The number of fused-ring (bicyclic) bond motifs is 1. The monoisotopic (exact) mass is 234 g/mol. The zero-order valence-corrected chi connectivity index (χ0v) is 9.79. The van der Waals surface area contributed by atoms with E-state index < -0.39 is 0 Å². The van der Waals surface area contributed by atoms with Crippen LogP contribution in [0.25, 0.3) is 10.9 Å². The van der Waals surface area contributed by atoms with Gasteiger partial charge >= 0.3 is 0 Å². The fourth-order valence-corrected chi connectivity index (χ4v) is 1.81. The van der Waals surface area contributed by atoms with E-state index >= 15 is 0 Å². The minimum absolute atomic E-state index is 0.112. The second-order valence-corrected chi connectivity index (χ2v) is 4.01. The van der Waals surface area contributed by atoms with Crippen LogP contribution >= 0.6 is 0 Å². The van der Waals surface area contributed by atoms with Crippen LogP contribution in [-0.2, 0) is 11.3 Å². The van der Waals surface area contributed by atoms with Crippen LogP contribution in [0.5, 0.6) is 0 Å². The number of nitrogens with zero attached hydrogens (tertiary/aromatic N) is 2. The normalized spacial score (nSPS) is 12.8. The number of hydrogen-bond acceptors (Lipinski definition) is 3. The summed E-state index contributed by atoms with van der Waals surface area (Å²) in [4.78, 5) is 10.3. The summed E-state index contributed by atoms with van der Waals surface area (Å²) in [7, 11) is 1.67. The number of nitro groups is 1. The van der Waals surface area contributed by atoms with Gasteiger partial charge in [-0.05, 0) is 19.1 Å². The molecule has 0 aliphatic carbocycles. The van der Waals surface area contributed by atoms with E-state index in [1.54, 1.807) is 19.2 Å². The van der Waals surface area contributed by atoms with Gasteiger partial charge in [0.15, 0.2) is 0 Å². The topological polar surface area (TPSA) is 57.3 Å². The van der Waals surface area contributed by atoms with Gasteiger partial charge in [-0.15, -0.1) is 0 Å². The van der Waals surface area contributed by atoms with Crippen LogP contribution in [0, 0.1) is 10.1 Å². The zero-order valence-electron chi connectivity index (χ0n) is 9.79. The molecule has 5 nitrogen and oxygen atoms in total. The second kappa shape index (κ2) is 4.55. The Bertz CT molecular complexity index is 548. The predicted octanol–water partition coefficient (Wildman–Crippen LogP) is 2.58. The van der Waals surface area contributed by atoms with Gasteiger partial charge in [0.25, 0.3) is 5.69 Å². The highest BCUT2D eigenvalue weighted by molar-refractivity contribution is 5.82. The molecule has 17 heavy (non-hydrogen) atoms. The number of hydrogen-bond donors (Lipinski definition) is 0. The minimum atomic E-state index is -0.380. The second-order valence-electron chi connectivity index (χ2n) is 4.01. The van der Waals surface area contributed by atoms with E-state index in [-0.39, 0.29) is 16.7 Å². The van der Waals surface area contributed by atoms with Gasteiger partial charge < -0.3 is 9.30 Å². The Morgan fingerprint density at radius 2 is 2.24 bits per heavy atom. The maximum absolute atomic E-state index is 10.7. The number of ether oxygens (including phenoxy) is 1. The molecule has 2 aromatic rings. The fraction of sp³-hybridized carbons (Fsp3) is 0.333. The van der Waals surface area contributed by atoms with Crippen LogP contribution < -0.4 is 0 Å². The van der Waals surface area contributed by atoms with E-state index in [9.17, 15) is 10.1 Å². The molecular formula is C12H14N2O3. The minimum Gasteiger partial charge on any atom is -0.380 e. The maximum Gasteiger partial charge on any atom is 0.270 e. The molecule has 0 N–H and O–H groups in total. The third-order valence-electron chi connectivity index (χ3n) is 2.82. The molecule has 0 fully saturated rings. The highest BCUT2D eigenvalue weighted by Gasteiger charge is 2.09. The summed E-state index contributed by atoms with van der Waals surface area (Å²) in [5, 5.41) is 11.5. The lowest BCUT2D eigenvalue weighted by Gasteiger charge is -2.11. The van der Waals surface area contributed by atoms with Crippen molar-refractivity contribution in [3.05, 3.63) is 40.6 Å². The molecule has 1 aromatic carbocycles. The third kappa shape index (κ3) is 2.29. The SMILES string of the molecule is COC(C)Cn1ccc2cc([N+](=O)[O-])ccc21. The van der Waals surface area contributed by atoms with Crippen molar-refractivity contribution >= 4 is 16.6 Å². The van der Waals surface area contributed by atoms with Gasteiger partial charge in [0, 0.05) is 42.9 Å². The largest absolute Gasteiger partial charge is 0.380 e. The van der Waals surface area contributed by atoms with E-state index in [0.717, 1.165) is 17.4 Å². The lowest BCUT2D eigenvalue weighted by atomic mass is 10.2. The van der Waals surface area contributed by atoms with Gasteiger partial charge in [-0.25, -0.2) is 0 Å². The number of methoxy groups -OCH3 is 1. The fourth-order valence-electron chi connectivity index (χ4n) is 1.81. The van der Waals surface area contributed by atoms with Crippen molar-refractivity contribution in [2.75, 3.05) is 7.11 Å². The summed E-state index contributed by atoms with van der Waals surface area (Å²) >= 11 is 0. The van der Waals surface area contributed by atoms with Crippen molar-refractivity contribution in [3.8, 4) is 0 Å². The maximum atomic E-state index is 10.7. The first-order valence-electron chi connectivity index (χ1n) is 5.38. The first-order chi connectivity index (χ1) is 8.11. The first-order valence-corrected chi connectivity index (χ1v) is 5.38. The molecule has 0 radical (unpaired) electrons. The summed E-state index contributed by atoms with van der Waals surface area (Å²) in [6.07, 6.45) is 2.03. The van der Waals surface area contributed by atoms with Gasteiger partial charge in [0.2, 0.25) is 0 Å². The summed E-state index contributed by atoms with van der Waals surface area (Å²) in [6.45, 7) is 2.72. The van der Waals surface area contributed by atoms with Crippen molar-refractivity contribution in [1.29, 1.82) is 0 Å². The number of rotatable bonds is 4. The Balaban J connectivity index is 2.38. The highest BCUT2D eigenvalue weighted by atomic mass is 16.6. The number of aromatic nitrogens is 1. The molecule has 0 spiro atoms. The van der Waals surface area contributed by atoms with Crippen LogP contribution in [0.1, 0.15) is 6.92 Å². The summed E-state index contributed by atoms with van der Waals surface area (Å²) in [5.74, 6) is 0. The number of non-ortho nitro benzene ring substituents is 1. The molecule has 0 bridgehead atoms. The summed E-state index contributed by atoms with van der Waals surface area (Å²) in [6, 6.07) is 6.76. The molecule has 1 unspecified atom stereocenters. The Kier molecular flexibility index (Phi) is 3.10. The van der Waals surface area contributed by atoms with Gasteiger partial charge in [-0.3, -0.25) is 10.1 Å². The Morgan fingerprint density at radius 3 is 2.88 bits per heavy atom. The lowest BCUT2D eigenvalue weighted by molar-refractivity contribution is -0.384. The number of benzene rings is 1. The summed E-state index contributed by atoms with van der Waals surface area (Å²) in [5.41, 5.74) is 1.11. The van der Waals surface area contributed by atoms with E-state index in [1.165, 1.54) is 6.07 Å². The summed E-state index contributed by atoms with van der Waals surface area (Å²) < 4.78 is 7.24. The van der Waals surface area contributed by atoms with Crippen molar-refractivity contribution < 1.29 is 9.66 Å². The van der Waals surface area contributed by atoms with Crippen LogP contribution in [-0.4, -0.2) is 22.7 Å². The standard InChI is InChI=1S/C12H14N2O3/c1-9(17-2)8-13-6-5-10-7-11(14(15)16)3-4-12(10)13/h3-7,9H,8H2,1-2H3. The quantitative estimate of drug-likeness (QED) is 0.603. The molecule has 90 valence electrons. The average Bonchev–Trinajstić information content (AvgIpc) is 2.71. The molecule has 0 amide bonds. The van der Waals surface area contributed by atoms with Crippen LogP contribution in [0.15, 0.2) is 30.5 Å². The molecule has 1 atom stereocenters. The van der Waals surface area contributed by atoms with Crippen molar-refractivity contribution in [2.45, 2.75) is 19.6 Å². The zero-order chi connectivity index (χ0) is 12.4.